The van der Waals surface area contributed by atoms with Crippen molar-refractivity contribution in [2.45, 2.75) is 51.4 Å². The zero-order valence-electron chi connectivity index (χ0n) is 37.6. The number of carbonyl (C=O) groups is 4. The van der Waals surface area contributed by atoms with Crippen LogP contribution in [-0.4, -0.2) is 101 Å². The number of ether oxygens (including phenoxy) is 8. The number of rotatable bonds is 22. The van der Waals surface area contributed by atoms with Crippen molar-refractivity contribution in [3.8, 4) is 46.0 Å². The van der Waals surface area contributed by atoms with E-state index in [9.17, 15) is 39.6 Å². The first-order valence-electron chi connectivity index (χ1n) is 20.4. The molecule has 16 heteroatoms. The highest BCUT2D eigenvalue weighted by Gasteiger charge is 2.32. The molecule has 4 rings (SSSR count). The number of carbonyl (C=O) groups excluding carboxylic acids is 4. The third kappa shape index (κ3) is 16.5. The van der Waals surface area contributed by atoms with Crippen LogP contribution in [0.15, 0.2) is 72.8 Å². The molecule has 0 fully saturated rings. The zero-order valence-corrected chi connectivity index (χ0v) is 37.6. The van der Waals surface area contributed by atoms with E-state index in [1.807, 2.05) is 0 Å². The summed E-state index contributed by atoms with van der Waals surface area (Å²) in [6.45, 7) is 0. The molecule has 0 spiro atoms. The summed E-state index contributed by atoms with van der Waals surface area (Å²) in [6.07, 6.45) is 2.26. The maximum absolute atomic E-state index is 12.8. The molecule has 0 unspecified atom stereocenters. The summed E-state index contributed by atoms with van der Waals surface area (Å²) in [6, 6.07) is 19.3. The van der Waals surface area contributed by atoms with Gasteiger partial charge in [0.1, 0.15) is 46.0 Å². The smallest absolute Gasteiger partial charge is 0.309 e. The highest BCUT2D eigenvalue weighted by Crippen LogP contribution is 2.34. The summed E-state index contributed by atoms with van der Waals surface area (Å²) in [5, 5.41) is 40.1. The number of hydrogen-bond acceptors (Lipinski definition) is 16. The summed E-state index contributed by atoms with van der Waals surface area (Å²) < 4.78 is 40.6. The normalized spacial score (nSPS) is 12.5. The van der Waals surface area contributed by atoms with E-state index in [0.717, 1.165) is 11.1 Å². The van der Waals surface area contributed by atoms with Crippen molar-refractivity contribution >= 4 is 23.9 Å². The molecule has 0 saturated heterocycles. The van der Waals surface area contributed by atoms with Gasteiger partial charge in [0.25, 0.3) is 0 Å². The fourth-order valence-electron chi connectivity index (χ4n) is 7.52. The van der Waals surface area contributed by atoms with Gasteiger partial charge < -0.3 is 58.3 Å². The predicted octanol–water partition coefficient (Wildman–Crippen LogP) is 6.52. The van der Waals surface area contributed by atoms with E-state index >= 15 is 0 Å². The second-order valence-corrected chi connectivity index (χ2v) is 15.0. The van der Waals surface area contributed by atoms with Gasteiger partial charge in [0, 0.05) is 37.1 Å². The minimum Gasteiger partial charge on any atom is -0.508 e. The van der Waals surface area contributed by atoms with Crippen molar-refractivity contribution in [2.75, 3.05) is 56.9 Å². The average molecular weight is 893 g/mol. The van der Waals surface area contributed by atoms with Crippen molar-refractivity contribution in [3.63, 3.8) is 0 Å². The number of aromatic hydroxyl groups is 4. The van der Waals surface area contributed by atoms with Crippen LogP contribution >= 0.6 is 0 Å². The van der Waals surface area contributed by atoms with Crippen LogP contribution in [0.4, 0.5) is 0 Å². The maximum atomic E-state index is 12.8. The Kier molecular flexibility index (Phi) is 20.9. The molecule has 0 amide bonds. The third-order valence-corrected chi connectivity index (χ3v) is 10.7. The molecule has 4 aromatic rings. The number of phenols is 4. The lowest BCUT2D eigenvalue weighted by atomic mass is 9.80. The molecule has 4 aromatic carbocycles. The minimum absolute atomic E-state index is 0.0202. The van der Waals surface area contributed by atoms with Crippen LogP contribution < -0.4 is 18.9 Å². The topological polar surface area (TPSA) is 223 Å². The molecule has 64 heavy (non-hydrogen) atoms. The SMILES string of the molecule is COC(=O)CC[C@@H](Cc1cc(O)cc(OC)c1)[C@H](Cc1cc(O)cc(OC)c1)C(=O)OC.COC(=O)CC[C@H](Cc1cc(O)cc(OC)c1)[C@@H](Cc1cc(O)cc(OC)c1)C(=O)OC. The molecule has 0 saturated carbocycles. The second-order valence-electron chi connectivity index (χ2n) is 15.0. The Labute approximate surface area is 373 Å². The lowest BCUT2D eigenvalue weighted by molar-refractivity contribution is -0.149. The first-order chi connectivity index (χ1) is 30.6. The predicted molar refractivity (Wildman–Crippen MR) is 234 cm³/mol. The maximum Gasteiger partial charge on any atom is 0.309 e. The van der Waals surface area contributed by atoms with Crippen LogP contribution in [0.1, 0.15) is 47.9 Å². The first-order valence-corrected chi connectivity index (χ1v) is 20.4. The van der Waals surface area contributed by atoms with E-state index in [4.69, 9.17) is 37.9 Å². The quantitative estimate of drug-likeness (QED) is 0.0487. The Morgan fingerprint density at radius 2 is 0.656 bits per heavy atom. The minimum atomic E-state index is -0.621. The monoisotopic (exact) mass is 892 g/mol. The van der Waals surface area contributed by atoms with Gasteiger partial charge in [-0.25, -0.2) is 0 Å². The fourth-order valence-corrected chi connectivity index (χ4v) is 7.52. The number of esters is 4. The van der Waals surface area contributed by atoms with Gasteiger partial charge >= 0.3 is 23.9 Å². The van der Waals surface area contributed by atoms with Gasteiger partial charge in [0.05, 0.1) is 68.7 Å². The van der Waals surface area contributed by atoms with Gasteiger partial charge in [0.2, 0.25) is 0 Å². The fraction of sp³-hybridized carbons (Fsp3) is 0.417. The van der Waals surface area contributed by atoms with E-state index in [1.54, 1.807) is 48.5 Å². The largest absolute Gasteiger partial charge is 0.508 e. The number of benzene rings is 4. The van der Waals surface area contributed by atoms with Crippen molar-refractivity contribution in [1.29, 1.82) is 0 Å². The molecule has 0 aliphatic carbocycles. The summed E-state index contributed by atoms with van der Waals surface area (Å²) >= 11 is 0. The molecular weight excluding hydrogens is 833 g/mol. The third-order valence-electron chi connectivity index (χ3n) is 10.7. The number of methoxy groups -OCH3 is 8. The lowest BCUT2D eigenvalue weighted by Gasteiger charge is -2.26. The Hall–Kier alpha value is -6.84. The van der Waals surface area contributed by atoms with E-state index < -0.39 is 23.8 Å². The van der Waals surface area contributed by atoms with Crippen molar-refractivity contribution in [3.05, 3.63) is 95.1 Å². The summed E-state index contributed by atoms with van der Waals surface area (Å²) in [4.78, 5) is 49.2. The van der Waals surface area contributed by atoms with Gasteiger partial charge in [-0.05, 0) is 121 Å². The molecule has 0 radical (unpaired) electrons. The molecule has 0 aromatic heterocycles. The van der Waals surface area contributed by atoms with Gasteiger partial charge in [0.15, 0.2) is 0 Å². The van der Waals surface area contributed by atoms with Crippen LogP contribution in [0.3, 0.4) is 0 Å². The molecule has 16 nitrogen and oxygen atoms in total. The zero-order chi connectivity index (χ0) is 47.3. The number of phenolic OH excluding ortho intramolecular Hbond substituents is 4. The lowest BCUT2D eigenvalue weighted by Crippen LogP contribution is -2.29. The Morgan fingerprint density at radius 3 is 0.891 bits per heavy atom. The van der Waals surface area contributed by atoms with Crippen molar-refractivity contribution in [2.24, 2.45) is 23.7 Å². The van der Waals surface area contributed by atoms with Gasteiger partial charge in [-0.2, -0.15) is 0 Å². The highest BCUT2D eigenvalue weighted by molar-refractivity contribution is 5.74. The Balaban J connectivity index is 0.000000340. The van der Waals surface area contributed by atoms with Gasteiger partial charge in [-0.3, -0.25) is 19.2 Å². The highest BCUT2D eigenvalue weighted by atomic mass is 16.5. The molecule has 4 N–H and O–H groups in total. The van der Waals surface area contributed by atoms with Crippen LogP contribution in [-0.2, 0) is 63.8 Å². The van der Waals surface area contributed by atoms with Crippen LogP contribution in [0.2, 0.25) is 0 Å². The summed E-state index contributed by atoms with van der Waals surface area (Å²) in [5.74, 6) is -1.49. The Morgan fingerprint density at radius 1 is 0.391 bits per heavy atom. The van der Waals surface area contributed by atoms with Gasteiger partial charge in [-0.1, -0.05) is 0 Å². The molecule has 348 valence electrons. The summed E-state index contributed by atoms with van der Waals surface area (Å²) in [5.41, 5.74) is 2.88. The molecule has 0 bridgehead atoms. The first kappa shape index (κ1) is 51.5. The van der Waals surface area contributed by atoms with E-state index in [0.29, 0.717) is 59.8 Å². The van der Waals surface area contributed by atoms with E-state index in [1.165, 1.54) is 81.1 Å². The van der Waals surface area contributed by atoms with Crippen LogP contribution in [0.25, 0.3) is 0 Å². The second kappa shape index (κ2) is 25.9. The van der Waals surface area contributed by atoms with Gasteiger partial charge in [-0.15, -0.1) is 0 Å². The molecular formula is C48H60O16. The summed E-state index contributed by atoms with van der Waals surface area (Å²) in [7, 11) is 11.2. The average Bonchev–Trinajstić information content (AvgIpc) is 3.28. The van der Waals surface area contributed by atoms with Crippen LogP contribution in [0, 0.1) is 23.7 Å². The molecule has 0 aliphatic heterocycles. The van der Waals surface area contributed by atoms with Crippen molar-refractivity contribution < 1.29 is 77.5 Å². The van der Waals surface area contributed by atoms with E-state index in [2.05, 4.69) is 0 Å². The standard InChI is InChI=1S/2C24H30O8/c2*1-29-20-10-15(8-18(25)13-20)7-17(5-6-23(27)31-3)22(24(28)32-4)12-16-9-19(26)14-21(11-16)30-2/h2*8-11,13-14,17,22,25-26H,5-7,12H2,1-4H3/t2*17-,22-/m10/s1. The van der Waals surface area contributed by atoms with E-state index in [-0.39, 0.29) is 72.5 Å². The van der Waals surface area contributed by atoms with Crippen molar-refractivity contribution in [1.82, 2.24) is 0 Å². The Bertz CT molecular complexity index is 2000. The van der Waals surface area contributed by atoms with Crippen LogP contribution in [0.5, 0.6) is 46.0 Å². The number of hydrogen-bond donors (Lipinski definition) is 4. The molecule has 4 atom stereocenters. The molecule has 0 aliphatic rings. The molecule has 0 heterocycles.